The fourth-order valence-electron chi connectivity index (χ4n) is 2.22. The lowest BCUT2D eigenvalue weighted by Gasteiger charge is -2.14. The van der Waals surface area contributed by atoms with Gasteiger partial charge in [0.05, 0.1) is 4.91 Å². The van der Waals surface area contributed by atoms with Crippen molar-refractivity contribution in [3.8, 4) is 5.75 Å². The number of aromatic hydroxyl groups is 1. The van der Waals surface area contributed by atoms with Crippen molar-refractivity contribution in [1.82, 2.24) is 4.90 Å². The van der Waals surface area contributed by atoms with Crippen LogP contribution in [0.1, 0.15) is 45.1 Å². The summed E-state index contributed by atoms with van der Waals surface area (Å²) in [7, 11) is 0. The topological polar surface area (TPSA) is 52.9 Å². The third-order valence-electron chi connectivity index (χ3n) is 3.61. The van der Waals surface area contributed by atoms with Crippen LogP contribution in [0.15, 0.2) is 34.2 Å². The normalized spacial score (nSPS) is 18.3. The molecule has 1 heterocycles. The number of carbonyl (C=O) groups excluding carboxylic acids is 1. The van der Waals surface area contributed by atoms with E-state index in [1.165, 1.54) is 11.8 Å². The van der Waals surface area contributed by atoms with Crippen LogP contribution in [0.2, 0.25) is 0 Å². The number of aliphatic imine (C=N–C) groups is 1. The molecule has 0 bridgehead atoms. The van der Waals surface area contributed by atoms with Gasteiger partial charge in [-0.3, -0.25) is 14.7 Å². The lowest BCUT2D eigenvalue weighted by molar-refractivity contribution is -0.122. The summed E-state index contributed by atoms with van der Waals surface area (Å²) in [5, 5.41) is 10.7. The molecule has 1 saturated heterocycles. The van der Waals surface area contributed by atoms with Crippen LogP contribution in [0.4, 0.5) is 0 Å². The molecule has 2 rings (SSSR count). The summed E-state index contributed by atoms with van der Waals surface area (Å²) in [6, 6.07) is 7.05. The number of unbranched alkanes of at least 4 members (excludes halogenated alkanes) is 2. The number of phenolic OH excluding ortho intramolecular Hbond substituents is 1. The number of benzene rings is 1. The van der Waals surface area contributed by atoms with E-state index in [1.54, 1.807) is 29.2 Å². The minimum atomic E-state index is -0.0121. The third kappa shape index (κ3) is 4.61. The number of nitrogens with zero attached hydrogens (tertiary/aromatic N) is 2. The number of para-hydroxylation sites is 1. The molecule has 1 aliphatic heterocycles. The highest BCUT2D eigenvalue weighted by molar-refractivity contribution is 8.18. The fourth-order valence-corrected chi connectivity index (χ4v) is 3.24. The van der Waals surface area contributed by atoms with Gasteiger partial charge in [-0.1, -0.05) is 44.9 Å². The molecule has 0 saturated carbocycles. The van der Waals surface area contributed by atoms with Crippen LogP contribution in [0, 0.1) is 0 Å². The first kappa shape index (κ1) is 17.6. The van der Waals surface area contributed by atoms with Crippen molar-refractivity contribution in [2.45, 2.75) is 39.5 Å². The van der Waals surface area contributed by atoms with Crippen molar-refractivity contribution in [3.63, 3.8) is 0 Å². The van der Waals surface area contributed by atoms with Crippen molar-refractivity contribution >= 4 is 28.9 Å². The number of phenols is 1. The van der Waals surface area contributed by atoms with Crippen LogP contribution in [0.3, 0.4) is 0 Å². The monoisotopic (exact) mass is 332 g/mol. The Balaban J connectivity index is 2.23. The Morgan fingerprint density at radius 3 is 2.65 bits per heavy atom. The van der Waals surface area contributed by atoms with E-state index in [4.69, 9.17) is 0 Å². The van der Waals surface area contributed by atoms with Crippen molar-refractivity contribution in [1.29, 1.82) is 0 Å². The van der Waals surface area contributed by atoms with E-state index in [-0.39, 0.29) is 11.7 Å². The summed E-state index contributed by atoms with van der Waals surface area (Å²) in [6.45, 7) is 5.69. The highest BCUT2D eigenvalue weighted by Gasteiger charge is 2.32. The van der Waals surface area contributed by atoms with E-state index in [2.05, 4.69) is 18.8 Å². The first-order valence-electron chi connectivity index (χ1n) is 8.21. The van der Waals surface area contributed by atoms with Gasteiger partial charge in [-0.15, -0.1) is 0 Å². The average Bonchev–Trinajstić information content (AvgIpc) is 2.83. The fraction of sp³-hybridized carbons (Fsp3) is 0.444. The van der Waals surface area contributed by atoms with Crippen LogP contribution in [0.25, 0.3) is 6.08 Å². The largest absolute Gasteiger partial charge is 0.507 e. The second-order valence-electron chi connectivity index (χ2n) is 5.50. The molecule has 0 unspecified atom stereocenters. The van der Waals surface area contributed by atoms with E-state index in [1.807, 2.05) is 6.07 Å². The van der Waals surface area contributed by atoms with Gasteiger partial charge in [-0.05, 0) is 36.7 Å². The van der Waals surface area contributed by atoms with Gasteiger partial charge < -0.3 is 5.11 Å². The van der Waals surface area contributed by atoms with Crippen LogP contribution >= 0.6 is 11.8 Å². The molecule has 0 radical (unpaired) electrons. The molecule has 5 heteroatoms. The smallest absolute Gasteiger partial charge is 0.266 e. The van der Waals surface area contributed by atoms with Crippen molar-refractivity contribution in [2.75, 3.05) is 13.1 Å². The number of amidine groups is 1. The first-order chi connectivity index (χ1) is 11.2. The Labute approximate surface area is 142 Å². The minimum Gasteiger partial charge on any atom is -0.507 e. The van der Waals surface area contributed by atoms with E-state index in [0.717, 1.165) is 37.4 Å². The minimum absolute atomic E-state index is 0.0121. The van der Waals surface area contributed by atoms with Crippen molar-refractivity contribution < 1.29 is 9.90 Å². The molecule has 124 valence electrons. The van der Waals surface area contributed by atoms with Gasteiger partial charge in [0.25, 0.3) is 5.91 Å². The maximum atomic E-state index is 12.6. The molecule has 0 atom stereocenters. The lowest BCUT2D eigenvalue weighted by Crippen LogP contribution is -2.30. The highest BCUT2D eigenvalue weighted by atomic mass is 32.2. The summed E-state index contributed by atoms with van der Waals surface area (Å²) < 4.78 is 0. The molecular formula is C18H24N2O2S. The number of carbonyl (C=O) groups is 1. The van der Waals surface area contributed by atoms with Crippen LogP contribution in [-0.4, -0.2) is 34.2 Å². The first-order valence-corrected chi connectivity index (χ1v) is 9.02. The molecule has 23 heavy (non-hydrogen) atoms. The Morgan fingerprint density at radius 2 is 1.96 bits per heavy atom. The second-order valence-corrected chi connectivity index (χ2v) is 6.51. The van der Waals surface area contributed by atoms with E-state index < -0.39 is 0 Å². The molecule has 1 aliphatic rings. The summed E-state index contributed by atoms with van der Waals surface area (Å²) in [5.41, 5.74) is 0.661. The Bertz CT molecular complexity index is 611. The molecule has 1 N–H and O–H groups in total. The van der Waals surface area contributed by atoms with E-state index >= 15 is 0 Å². The quantitative estimate of drug-likeness (QED) is 0.599. The SMILES string of the molecule is CCCCN=C1S/C(=C\c2ccccc2O)C(=O)N1CCCC. The predicted molar refractivity (Wildman–Crippen MR) is 97.5 cm³/mol. The van der Waals surface area contributed by atoms with Crippen molar-refractivity contribution in [3.05, 3.63) is 34.7 Å². The standard InChI is InChI=1S/C18H24N2O2S/c1-3-5-11-19-18-20(12-6-4-2)17(22)16(23-18)13-14-9-7-8-10-15(14)21/h7-10,13,21H,3-6,11-12H2,1-2H3/b16-13-,19-18?. The van der Waals surface area contributed by atoms with Gasteiger partial charge in [0.15, 0.2) is 5.17 Å². The number of amides is 1. The molecule has 1 fully saturated rings. The van der Waals surface area contributed by atoms with E-state index in [0.29, 0.717) is 17.0 Å². The number of hydrogen-bond donors (Lipinski definition) is 1. The highest BCUT2D eigenvalue weighted by Crippen LogP contribution is 2.34. The van der Waals surface area contributed by atoms with Gasteiger partial charge in [-0.25, -0.2) is 0 Å². The Morgan fingerprint density at radius 1 is 1.22 bits per heavy atom. The van der Waals surface area contributed by atoms with Gasteiger partial charge in [0.1, 0.15) is 5.75 Å². The van der Waals surface area contributed by atoms with Gasteiger partial charge >= 0.3 is 0 Å². The molecule has 4 nitrogen and oxygen atoms in total. The molecule has 1 amide bonds. The zero-order chi connectivity index (χ0) is 16.7. The molecule has 0 aliphatic carbocycles. The predicted octanol–water partition coefficient (Wildman–Crippen LogP) is 4.26. The maximum Gasteiger partial charge on any atom is 0.266 e. The summed E-state index contributed by atoms with van der Waals surface area (Å²) in [4.78, 5) is 19.6. The summed E-state index contributed by atoms with van der Waals surface area (Å²) in [5.74, 6) is 0.173. The molecule has 0 aromatic heterocycles. The van der Waals surface area contributed by atoms with Crippen LogP contribution < -0.4 is 0 Å². The molecule has 1 aromatic rings. The Hall–Kier alpha value is -1.75. The van der Waals surface area contributed by atoms with Gasteiger partial charge in [0.2, 0.25) is 0 Å². The zero-order valence-corrected chi connectivity index (χ0v) is 14.6. The van der Waals surface area contributed by atoms with Crippen LogP contribution in [-0.2, 0) is 4.79 Å². The molecule has 0 spiro atoms. The number of rotatable bonds is 7. The van der Waals surface area contributed by atoms with E-state index in [9.17, 15) is 9.90 Å². The number of hydrogen-bond acceptors (Lipinski definition) is 4. The zero-order valence-electron chi connectivity index (χ0n) is 13.8. The van der Waals surface area contributed by atoms with Gasteiger partial charge in [0, 0.05) is 18.7 Å². The van der Waals surface area contributed by atoms with Gasteiger partial charge in [-0.2, -0.15) is 0 Å². The van der Waals surface area contributed by atoms with Crippen molar-refractivity contribution in [2.24, 2.45) is 4.99 Å². The molecular weight excluding hydrogens is 308 g/mol. The Kier molecular flexibility index (Phi) is 6.71. The third-order valence-corrected chi connectivity index (χ3v) is 4.65. The average molecular weight is 332 g/mol. The number of thioether (sulfide) groups is 1. The lowest BCUT2D eigenvalue weighted by atomic mass is 10.2. The second kappa shape index (κ2) is 8.77. The summed E-state index contributed by atoms with van der Waals surface area (Å²) in [6.07, 6.45) is 5.87. The maximum absolute atomic E-state index is 12.6. The summed E-state index contributed by atoms with van der Waals surface area (Å²) >= 11 is 1.41. The molecule has 1 aromatic carbocycles. The van der Waals surface area contributed by atoms with Crippen LogP contribution in [0.5, 0.6) is 5.75 Å².